The lowest BCUT2D eigenvalue weighted by Crippen LogP contribution is -2.25. The second-order valence-electron chi connectivity index (χ2n) is 5.46. The molecule has 0 spiro atoms. The van der Waals surface area contributed by atoms with Crippen molar-refractivity contribution in [1.29, 1.82) is 0 Å². The predicted octanol–water partition coefficient (Wildman–Crippen LogP) is 2.22. The normalized spacial score (nSPS) is 12.5. The Labute approximate surface area is 144 Å². The Morgan fingerprint density at radius 1 is 1.16 bits per heavy atom. The zero-order chi connectivity index (χ0) is 17.8. The van der Waals surface area contributed by atoms with Crippen LogP contribution in [0, 0.1) is 0 Å². The van der Waals surface area contributed by atoms with Crippen molar-refractivity contribution in [1.82, 2.24) is 0 Å². The van der Waals surface area contributed by atoms with Crippen LogP contribution in [-0.2, 0) is 16.0 Å². The van der Waals surface area contributed by atoms with Crippen LogP contribution in [0.15, 0.2) is 36.4 Å². The highest BCUT2D eigenvalue weighted by molar-refractivity contribution is 5.97. The van der Waals surface area contributed by atoms with Gasteiger partial charge in [-0.2, -0.15) is 0 Å². The number of anilines is 2. The Kier molecular flexibility index (Phi) is 4.74. The van der Waals surface area contributed by atoms with Crippen LogP contribution in [0.2, 0.25) is 0 Å². The van der Waals surface area contributed by atoms with Crippen LogP contribution in [0.25, 0.3) is 0 Å². The largest absolute Gasteiger partial charge is 0.493 e. The van der Waals surface area contributed by atoms with Gasteiger partial charge in [0.1, 0.15) is 5.75 Å². The molecule has 0 bridgehead atoms. The van der Waals surface area contributed by atoms with Crippen molar-refractivity contribution in [2.45, 2.75) is 6.42 Å². The molecule has 0 fully saturated rings. The average molecular weight is 342 g/mol. The van der Waals surface area contributed by atoms with Crippen molar-refractivity contribution in [3.63, 3.8) is 0 Å². The number of hydrogen-bond acceptors (Lipinski definition) is 5. The topological polar surface area (TPSA) is 85.9 Å². The van der Waals surface area contributed by atoms with Crippen molar-refractivity contribution in [2.75, 3.05) is 31.5 Å². The lowest BCUT2D eigenvalue weighted by atomic mass is 10.1. The van der Waals surface area contributed by atoms with Crippen molar-refractivity contribution < 1.29 is 23.8 Å². The number of rotatable bonds is 5. The van der Waals surface area contributed by atoms with Gasteiger partial charge in [0.05, 0.1) is 26.3 Å². The van der Waals surface area contributed by atoms with E-state index in [-0.39, 0.29) is 24.8 Å². The summed E-state index contributed by atoms with van der Waals surface area (Å²) in [5, 5.41) is 5.52. The molecule has 0 saturated carbocycles. The van der Waals surface area contributed by atoms with Crippen LogP contribution in [0.3, 0.4) is 0 Å². The van der Waals surface area contributed by atoms with Gasteiger partial charge < -0.3 is 24.8 Å². The Bertz CT molecular complexity index is 819. The average Bonchev–Trinajstić information content (AvgIpc) is 2.61. The fraction of sp³-hybridized carbons (Fsp3) is 0.222. The molecular weight excluding hydrogens is 324 g/mol. The SMILES string of the molecule is COc1ccc(CC(=O)Nc2ccc3c(c2)OCC(=O)N3)cc1OC. The standard InChI is InChI=1S/C18H18N2O5/c1-23-14-6-3-11(7-16(14)24-2)8-17(21)19-12-4-5-13-15(9-12)25-10-18(22)20-13/h3-7,9H,8,10H2,1-2H3,(H,19,21)(H,20,22). The van der Waals surface area contributed by atoms with Gasteiger partial charge in [0.25, 0.3) is 5.91 Å². The molecule has 130 valence electrons. The number of nitrogens with one attached hydrogen (secondary N) is 2. The molecule has 7 heteroatoms. The van der Waals surface area contributed by atoms with Gasteiger partial charge in [-0.15, -0.1) is 0 Å². The van der Waals surface area contributed by atoms with Crippen LogP contribution in [-0.4, -0.2) is 32.6 Å². The maximum atomic E-state index is 12.3. The predicted molar refractivity (Wildman–Crippen MR) is 92.4 cm³/mol. The molecule has 2 aromatic rings. The summed E-state index contributed by atoms with van der Waals surface area (Å²) in [6, 6.07) is 10.4. The van der Waals surface area contributed by atoms with Crippen LogP contribution in [0.1, 0.15) is 5.56 Å². The number of fused-ring (bicyclic) bond motifs is 1. The molecular formula is C18H18N2O5. The Morgan fingerprint density at radius 3 is 2.72 bits per heavy atom. The fourth-order valence-corrected chi connectivity index (χ4v) is 2.53. The molecule has 2 aromatic carbocycles. The third kappa shape index (κ3) is 3.82. The number of amides is 2. The Balaban J connectivity index is 1.68. The molecule has 0 radical (unpaired) electrons. The van der Waals surface area contributed by atoms with Gasteiger partial charge in [-0.05, 0) is 29.8 Å². The minimum Gasteiger partial charge on any atom is -0.493 e. The molecule has 25 heavy (non-hydrogen) atoms. The highest BCUT2D eigenvalue weighted by Crippen LogP contribution is 2.31. The first-order valence-corrected chi connectivity index (χ1v) is 7.66. The molecule has 1 aliphatic heterocycles. The van der Waals surface area contributed by atoms with Gasteiger partial charge >= 0.3 is 0 Å². The molecule has 0 unspecified atom stereocenters. The summed E-state index contributed by atoms with van der Waals surface area (Å²) in [6.45, 7) is -0.0317. The summed E-state index contributed by atoms with van der Waals surface area (Å²) in [5.41, 5.74) is 1.99. The zero-order valence-corrected chi connectivity index (χ0v) is 13.9. The van der Waals surface area contributed by atoms with Crippen LogP contribution in [0.5, 0.6) is 17.2 Å². The number of ether oxygens (including phenoxy) is 3. The minimum atomic E-state index is -0.197. The maximum absolute atomic E-state index is 12.3. The van der Waals surface area contributed by atoms with E-state index in [4.69, 9.17) is 14.2 Å². The van der Waals surface area contributed by atoms with Crippen LogP contribution < -0.4 is 24.8 Å². The summed E-state index contributed by atoms with van der Waals surface area (Å²) in [7, 11) is 3.11. The molecule has 0 aromatic heterocycles. The van der Waals surface area contributed by atoms with Gasteiger partial charge in [-0.3, -0.25) is 9.59 Å². The number of methoxy groups -OCH3 is 2. The third-order valence-corrected chi connectivity index (χ3v) is 3.71. The maximum Gasteiger partial charge on any atom is 0.262 e. The lowest BCUT2D eigenvalue weighted by molar-refractivity contribution is -0.118. The molecule has 1 heterocycles. The van der Waals surface area contributed by atoms with Crippen LogP contribution in [0.4, 0.5) is 11.4 Å². The Morgan fingerprint density at radius 2 is 1.96 bits per heavy atom. The van der Waals surface area contributed by atoms with E-state index >= 15 is 0 Å². The van der Waals surface area contributed by atoms with Gasteiger partial charge in [0.2, 0.25) is 5.91 Å². The number of hydrogen-bond donors (Lipinski definition) is 2. The highest BCUT2D eigenvalue weighted by atomic mass is 16.5. The smallest absolute Gasteiger partial charge is 0.262 e. The van der Waals surface area contributed by atoms with Crippen molar-refractivity contribution >= 4 is 23.2 Å². The second-order valence-corrected chi connectivity index (χ2v) is 5.46. The third-order valence-electron chi connectivity index (χ3n) is 3.71. The number of benzene rings is 2. The first-order valence-electron chi connectivity index (χ1n) is 7.66. The van der Waals surface area contributed by atoms with E-state index in [0.717, 1.165) is 5.56 Å². The molecule has 0 aliphatic carbocycles. The summed E-state index contributed by atoms with van der Waals surface area (Å²) in [5.74, 6) is 1.35. The van der Waals surface area contributed by atoms with Gasteiger partial charge in [0, 0.05) is 11.8 Å². The molecule has 1 aliphatic rings. The van der Waals surface area contributed by atoms with E-state index < -0.39 is 0 Å². The van der Waals surface area contributed by atoms with E-state index in [1.165, 1.54) is 0 Å². The second kappa shape index (κ2) is 7.12. The molecule has 3 rings (SSSR count). The van der Waals surface area contributed by atoms with E-state index in [1.807, 2.05) is 6.07 Å². The van der Waals surface area contributed by atoms with Crippen molar-refractivity contribution in [3.05, 3.63) is 42.0 Å². The molecule has 2 N–H and O–H groups in total. The van der Waals surface area contributed by atoms with E-state index in [2.05, 4.69) is 10.6 Å². The first-order chi connectivity index (χ1) is 12.1. The fourth-order valence-electron chi connectivity index (χ4n) is 2.53. The summed E-state index contributed by atoms with van der Waals surface area (Å²) in [6.07, 6.45) is 0.190. The summed E-state index contributed by atoms with van der Waals surface area (Å²) >= 11 is 0. The summed E-state index contributed by atoms with van der Waals surface area (Å²) < 4.78 is 15.8. The van der Waals surface area contributed by atoms with E-state index in [1.54, 1.807) is 44.6 Å². The quantitative estimate of drug-likeness (QED) is 0.870. The lowest BCUT2D eigenvalue weighted by Gasteiger charge is -2.18. The van der Waals surface area contributed by atoms with Crippen molar-refractivity contribution in [2.24, 2.45) is 0 Å². The zero-order valence-electron chi connectivity index (χ0n) is 13.9. The Hall–Kier alpha value is -3.22. The summed E-state index contributed by atoms with van der Waals surface area (Å²) in [4.78, 5) is 23.5. The highest BCUT2D eigenvalue weighted by Gasteiger charge is 2.16. The molecule has 0 saturated heterocycles. The van der Waals surface area contributed by atoms with Gasteiger partial charge in [-0.25, -0.2) is 0 Å². The number of carbonyl (C=O) groups excluding carboxylic acids is 2. The van der Waals surface area contributed by atoms with Crippen molar-refractivity contribution in [3.8, 4) is 17.2 Å². The molecule has 2 amide bonds. The minimum absolute atomic E-state index is 0.0317. The van der Waals surface area contributed by atoms with Crippen LogP contribution >= 0.6 is 0 Å². The number of carbonyl (C=O) groups is 2. The van der Waals surface area contributed by atoms with Gasteiger partial charge in [0.15, 0.2) is 18.1 Å². The van der Waals surface area contributed by atoms with Gasteiger partial charge in [-0.1, -0.05) is 6.07 Å². The first kappa shape index (κ1) is 16.6. The van der Waals surface area contributed by atoms with E-state index in [9.17, 15) is 9.59 Å². The molecule has 7 nitrogen and oxygen atoms in total. The van der Waals surface area contributed by atoms with E-state index in [0.29, 0.717) is 28.6 Å². The molecule has 0 atom stereocenters. The monoisotopic (exact) mass is 342 g/mol.